The van der Waals surface area contributed by atoms with Crippen LogP contribution < -0.4 is 0 Å². The van der Waals surface area contributed by atoms with E-state index < -0.39 is 5.82 Å². The van der Waals surface area contributed by atoms with Crippen molar-refractivity contribution >= 4 is 5.91 Å². The largest absolute Gasteiger partial charge is 0.337 e. The Morgan fingerprint density at radius 2 is 1.95 bits per heavy atom. The van der Waals surface area contributed by atoms with Crippen molar-refractivity contribution in [3.05, 3.63) is 35.1 Å². The van der Waals surface area contributed by atoms with E-state index in [1.807, 2.05) is 11.8 Å². The van der Waals surface area contributed by atoms with Gasteiger partial charge in [-0.15, -0.1) is 0 Å². The molecule has 2 saturated heterocycles. The number of benzene rings is 1. The smallest absolute Gasteiger partial charge is 0.256 e. The molecular formula is C17H23FN2O. The van der Waals surface area contributed by atoms with E-state index >= 15 is 0 Å². The third-order valence-electron chi connectivity index (χ3n) is 4.71. The molecular weight excluding hydrogens is 267 g/mol. The predicted molar refractivity (Wildman–Crippen MR) is 80.9 cm³/mol. The molecule has 3 rings (SSSR count). The van der Waals surface area contributed by atoms with Crippen LogP contribution in [0.3, 0.4) is 0 Å². The number of rotatable bonds is 2. The van der Waals surface area contributed by atoms with Gasteiger partial charge in [0, 0.05) is 19.1 Å². The number of hydrogen-bond donors (Lipinski definition) is 0. The van der Waals surface area contributed by atoms with E-state index in [4.69, 9.17) is 0 Å². The third kappa shape index (κ3) is 3.10. The standard InChI is InChI=1S/C17H23FN2O/c1-13-5-6-15(16(18)11-13)17(21)20-10-7-14(12-20)19-8-3-2-4-9-19/h5-6,11,14H,2-4,7-10,12H2,1H3. The zero-order valence-electron chi connectivity index (χ0n) is 12.6. The fraction of sp³-hybridized carbons (Fsp3) is 0.588. The first kappa shape index (κ1) is 14.5. The minimum Gasteiger partial charge on any atom is -0.337 e. The lowest BCUT2D eigenvalue weighted by Crippen LogP contribution is -2.41. The Labute approximate surface area is 125 Å². The molecule has 1 amide bonds. The lowest BCUT2D eigenvalue weighted by molar-refractivity contribution is 0.0767. The first-order chi connectivity index (χ1) is 10.1. The molecule has 2 aliphatic rings. The lowest BCUT2D eigenvalue weighted by atomic mass is 10.1. The second-order valence-electron chi connectivity index (χ2n) is 6.27. The van der Waals surface area contributed by atoms with Crippen molar-refractivity contribution in [3.63, 3.8) is 0 Å². The van der Waals surface area contributed by atoms with Crippen molar-refractivity contribution in [1.82, 2.24) is 9.80 Å². The van der Waals surface area contributed by atoms with Gasteiger partial charge in [-0.3, -0.25) is 9.69 Å². The first-order valence-electron chi connectivity index (χ1n) is 7.94. The maximum atomic E-state index is 13.9. The number of halogens is 1. The van der Waals surface area contributed by atoms with Gasteiger partial charge in [0.15, 0.2) is 0 Å². The molecule has 0 saturated carbocycles. The summed E-state index contributed by atoms with van der Waals surface area (Å²) in [5, 5.41) is 0. The SMILES string of the molecule is Cc1ccc(C(=O)N2CCC(N3CCCCC3)C2)c(F)c1. The van der Waals surface area contributed by atoms with Gasteiger partial charge in [0.1, 0.15) is 5.82 Å². The van der Waals surface area contributed by atoms with Crippen LogP contribution in [-0.4, -0.2) is 47.9 Å². The predicted octanol–water partition coefficient (Wildman–Crippen LogP) is 2.83. The van der Waals surface area contributed by atoms with E-state index in [1.165, 1.54) is 25.3 Å². The van der Waals surface area contributed by atoms with Crippen LogP contribution in [0.5, 0.6) is 0 Å². The van der Waals surface area contributed by atoms with E-state index in [0.717, 1.165) is 38.2 Å². The fourth-order valence-corrected chi connectivity index (χ4v) is 3.47. The number of carbonyl (C=O) groups is 1. The Bertz CT molecular complexity index is 526. The molecule has 2 aliphatic heterocycles. The lowest BCUT2D eigenvalue weighted by Gasteiger charge is -2.32. The monoisotopic (exact) mass is 290 g/mol. The molecule has 1 unspecified atom stereocenters. The van der Waals surface area contributed by atoms with Crippen molar-refractivity contribution in [3.8, 4) is 0 Å². The summed E-state index contributed by atoms with van der Waals surface area (Å²) in [5.41, 5.74) is 1.05. The Kier molecular flexibility index (Phi) is 4.24. The molecule has 4 heteroatoms. The van der Waals surface area contributed by atoms with Crippen LogP contribution in [-0.2, 0) is 0 Å². The maximum absolute atomic E-state index is 13.9. The van der Waals surface area contributed by atoms with Gasteiger partial charge in [-0.25, -0.2) is 4.39 Å². The average Bonchev–Trinajstić information content (AvgIpc) is 2.97. The Morgan fingerprint density at radius 3 is 2.67 bits per heavy atom. The topological polar surface area (TPSA) is 23.6 Å². The molecule has 2 heterocycles. The van der Waals surface area contributed by atoms with Crippen molar-refractivity contribution < 1.29 is 9.18 Å². The number of amides is 1. The number of hydrogen-bond acceptors (Lipinski definition) is 2. The number of carbonyl (C=O) groups excluding carboxylic acids is 1. The average molecular weight is 290 g/mol. The number of aryl methyl sites for hydroxylation is 1. The molecule has 1 atom stereocenters. The highest BCUT2D eigenvalue weighted by Crippen LogP contribution is 2.22. The summed E-state index contributed by atoms with van der Waals surface area (Å²) >= 11 is 0. The molecule has 0 bridgehead atoms. The van der Waals surface area contributed by atoms with Crippen LogP contribution in [0.2, 0.25) is 0 Å². The Balaban J connectivity index is 1.66. The summed E-state index contributed by atoms with van der Waals surface area (Å²) in [5.74, 6) is -0.562. The van der Waals surface area contributed by atoms with Gasteiger partial charge in [0.25, 0.3) is 5.91 Å². The van der Waals surface area contributed by atoms with Crippen LogP contribution in [0.4, 0.5) is 4.39 Å². The van der Waals surface area contributed by atoms with E-state index in [9.17, 15) is 9.18 Å². The number of nitrogens with zero attached hydrogens (tertiary/aromatic N) is 2. The second-order valence-corrected chi connectivity index (χ2v) is 6.27. The number of piperidine rings is 1. The summed E-state index contributed by atoms with van der Waals surface area (Å²) < 4.78 is 13.9. The van der Waals surface area contributed by atoms with E-state index in [-0.39, 0.29) is 11.5 Å². The van der Waals surface area contributed by atoms with E-state index in [0.29, 0.717) is 6.04 Å². The molecule has 0 aliphatic carbocycles. The van der Waals surface area contributed by atoms with Crippen LogP contribution in [0.15, 0.2) is 18.2 Å². The van der Waals surface area contributed by atoms with Crippen molar-refractivity contribution in [1.29, 1.82) is 0 Å². The van der Waals surface area contributed by atoms with Gasteiger partial charge in [0.2, 0.25) is 0 Å². The zero-order chi connectivity index (χ0) is 14.8. The van der Waals surface area contributed by atoms with Gasteiger partial charge in [-0.1, -0.05) is 12.5 Å². The molecule has 3 nitrogen and oxygen atoms in total. The van der Waals surface area contributed by atoms with Gasteiger partial charge in [0.05, 0.1) is 5.56 Å². The second kappa shape index (κ2) is 6.14. The quantitative estimate of drug-likeness (QED) is 0.836. The van der Waals surface area contributed by atoms with Crippen molar-refractivity contribution in [2.75, 3.05) is 26.2 Å². The third-order valence-corrected chi connectivity index (χ3v) is 4.71. The Morgan fingerprint density at radius 1 is 1.19 bits per heavy atom. The van der Waals surface area contributed by atoms with Crippen LogP contribution >= 0.6 is 0 Å². The molecule has 21 heavy (non-hydrogen) atoms. The van der Waals surface area contributed by atoms with Crippen LogP contribution in [0, 0.1) is 12.7 Å². The molecule has 0 radical (unpaired) electrons. The minimum absolute atomic E-state index is 0.160. The summed E-state index contributed by atoms with van der Waals surface area (Å²) in [6.45, 7) is 5.61. The first-order valence-corrected chi connectivity index (χ1v) is 7.94. The highest BCUT2D eigenvalue weighted by molar-refractivity contribution is 5.94. The van der Waals surface area contributed by atoms with E-state index in [2.05, 4.69) is 4.90 Å². The van der Waals surface area contributed by atoms with Crippen molar-refractivity contribution in [2.45, 2.75) is 38.6 Å². The normalized spacial score (nSPS) is 23.5. The molecule has 2 fully saturated rings. The molecule has 1 aromatic carbocycles. The summed E-state index contributed by atoms with van der Waals surface area (Å²) in [6, 6.07) is 5.31. The fourth-order valence-electron chi connectivity index (χ4n) is 3.47. The highest BCUT2D eigenvalue weighted by atomic mass is 19.1. The molecule has 114 valence electrons. The summed E-state index contributed by atoms with van der Waals surface area (Å²) in [4.78, 5) is 16.8. The minimum atomic E-state index is -0.401. The molecule has 0 aromatic heterocycles. The zero-order valence-corrected chi connectivity index (χ0v) is 12.6. The summed E-state index contributed by atoms with van der Waals surface area (Å²) in [7, 11) is 0. The highest BCUT2D eigenvalue weighted by Gasteiger charge is 2.32. The van der Waals surface area contributed by atoms with Gasteiger partial charge in [-0.2, -0.15) is 0 Å². The van der Waals surface area contributed by atoms with E-state index in [1.54, 1.807) is 12.1 Å². The molecule has 1 aromatic rings. The molecule has 0 N–H and O–H groups in total. The Hall–Kier alpha value is -1.42. The van der Waals surface area contributed by atoms with Crippen LogP contribution in [0.25, 0.3) is 0 Å². The summed E-state index contributed by atoms with van der Waals surface area (Å²) in [6.07, 6.45) is 4.85. The van der Waals surface area contributed by atoms with Gasteiger partial charge < -0.3 is 4.90 Å². The van der Waals surface area contributed by atoms with Gasteiger partial charge in [-0.05, 0) is 57.0 Å². The van der Waals surface area contributed by atoms with Crippen molar-refractivity contribution in [2.24, 2.45) is 0 Å². The van der Waals surface area contributed by atoms with Gasteiger partial charge >= 0.3 is 0 Å². The maximum Gasteiger partial charge on any atom is 0.256 e. The molecule has 0 spiro atoms. The number of likely N-dealkylation sites (tertiary alicyclic amines) is 2. The van der Waals surface area contributed by atoms with Crippen LogP contribution in [0.1, 0.15) is 41.6 Å².